The van der Waals surface area contributed by atoms with E-state index in [0.717, 1.165) is 0 Å². The minimum absolute atomic E-state index is 0.504. The zero-order chi connectivity index (χ0) is 34.6. The van der Waals surface area contributed by atoms with Crippen molar-refractivity contribution in [1.82, 2.24) is 0 Å². The fourth-order valence-corrected chi connectivity index (χ4v) is 10.3. The van der Waals surface area contributed by atoms with Crippen molar-refractivity contribution in [3.63, 3.8) is 0 Å². The molecule has 10 aromatic rings. The van der Waals surface area contributed by atoms with Crippen molar-refractivity contribution in [3.8, 4) is 44.5 Å². The Morgan fingerprint density at radius 2 is 0.865 bits per heavy atom. The molecule has 0 aromatic heterocycles. The highest BCUT2D eigenvalue weighted by atomic mass is 32.2. The number of fused-ring (bicyclic) bond motifs is 5. The average molecular weight is 697 g/mol. The molecule has 11 rings (SSSR count). The standard InChI is InChI=1S/C50H32S2/c1-52-50(51)44-28-34(36-24-20-33-19-18-31-12-9-13-32-21-27-43(36)49(33)46(31)32)22-25-37(44)38-26-23-35(29-45(38)50)48-41-16-7-5-14-39(41)47(30-10-3-2-4-11-30)40-15-6-8-17-42(40)48/h2-29,51H,1H3. The van der Waals surface area contributed by atoms with Gasteiger partial charge in [-0.25, -0.2) is 0 Å². The summed E-state index contributed by atoms with van der Waals surface area (Å²) in [5.41, 5.74) is 12.6. The van der Waals surface area contributed by atoms with Crippen LogP contribution in [-0.4, -0.2) is 6.26 Å². The van der Waals surface area contributed by atoms with Crippen LogP contribution in [0.15, 0.2) is 170 Å². The Balaban J connectivity index is 1.10. The minimum atomic E-state index is -0.504. The molecule has 0 heterocycles. The molecule has 1 aliphatic carbocycles. The molecule has 0 saturated heterocycles. The second-order valence-corrected chi connectivity index (χ2v) is 16.0. The highest BCUT2D eigenvalue weighted by Crippen LogP contribution is 2.58. The van der Waals surface area contributed by atoms with Gasteiger partial charge in [-0.1, -0.05) is 158 Å². The molecule has 1 unspecified atom stereocenters. The lowest BCUT2D eigenvalue weighted by Crippen LogP contribution is -2.12. The van der Waals surface area contributed by atoms with Crippen LogP contribution in [0.3, 0.4) is 0 Å². The Morgan fingerprint density at radius 3 is 1.48 bits per heavy atom. The van der Waals surface area contributed by atoms with E-state index in [2.05, 4.69) is 176 Å². The Labute approximate surface area is 312 Å². The zero-order valence-corrected chi connectivity index (χ0v) is 30.2. The summed E-state index contributed by atoms with van der Waals surface area (Å²) in [6.07, 6.45) is 2.20. The van der Waals surface area contributed by atoms with Crippen molar-refractivity contribution >= 4 is 78.3 Å². The van der Waals surface area contributed by atoms with Gasteiger partial charge in [-0.3, -0.25) is 0 Å². The van der Waals surface area contributed by atoms with E-state index in [1.807, 2.05) is 11.8 Å². The van der Waals surface area contributed by atoms with Gasteiger partial charge < -0.3 is 0 Å². The van der Waals surface area contributed by atoms with E-state index in [9.17, 15) is 0 Å². The maximum Gasteiger partial charge on any atom is 0.109 e. The molecule has 0 radical (unpaired) electrons. The molecule has 0 saturated carbocycles. The highest BCUT2D eigenvalue weighted by molar-refractivity contribution is 8.10. The Bertz CT molecular complexity index is 2990. The summed E-state index contributed by atoms with van der Waals surface area (Å²) in [6.45, 7) is 0. The first-order valence-electron chi connectivity index (χ1n) is 17.9. The lowest BCUT2D eigenvalue weighted by molar-refractivity contribution is 1.14. The van der Waals surface area contributed by atoms with E-state index in [0.29, 0.717) is 0 Å². The normalized spacial score (nSPS) is 15.3. The van der Waals surface area contributed by atoms with Gasteiger partial charge >= 0.3 is 0 Å². The lowest BCUT2D eigenvalue weighted by atomic mass is 9.85. The van der Waals surface area contributed by atoms with Crippen LogP contribution in [0.1, 0.15) is 11.1 Å². The van der Waals surface area contributed by atoms with Crippen molar-refractivity contribution in [2.45, 2.75) is 4.08 Å². The summed E-state index contributed by atoms with van der Waals surface area (Å²) in [5.74, 6) is 0. The van der Waals surface area contributed by atoms with Crippen molar-refractivity contribution in [2.75, 3.05) is 6.26 Å². The predicted octanol–water partition coefficient (Wildman–Crippen LogP) is 14.4. The molecule has 0 bridgehead atoms. The first-order valence-corrected chi connectivity index (χ1v) is 19.5. The zero-order valence-electron chi connectivity index (χ0n) is 28.5. The van der Waals surface area contributed by atoms with Gasteiger partial charge in [0.25, 0.3) is 0 Å². The second-order valence-electron chi connectivity index (χ2n) is 14.0. The molecular weight excluding hydrogens is 665 g/mol. The van der Waals surface area contributed by atoms with Crippen LogP contribution in [0.4, 0.5) is 0 Å². The number of rotatable bonds is 4. The predicted molar refractivity (Wildman–Crippen MR) is 230 cm³/mol. The highest BCUT2D eigenvalue weighted by Gasteiger charge is 2.40. The molecule has 0 aliphatic heterocycles. The summed E-state index contributed by atoms with van der Waals surface area (Å²) < 4.78 is -0.504. The van der Waals surface area contributed by atoms with Crippen molar-refractivity contribution in [2.24, 2.45) is 0 Å². The number of hydrogen-bond donors (Lipinski definition) is 1. The maximum atomic E-state index is 5.58. The molecule has 0 amide bonds. The van der Waals surface area contributed by atoms with Gasteiger partial charge in [0.15, 0.2) is 0 Å². The molecule has 0 spiro atoms. The molecule has 244 valence electrons. The van der Waals surface area contributed by atoms with E-state index in [1.54, 1.807) is 0 Å². The van der Waals surface area contributed by atoms with E-state index in [-0.39, 0.29) is 0 Å². The summed E-state index contributed by atoms with van der Waals surface area (Å²) in [5, 5.41) is 12.9. The van der Waals surface area contributed by atoms with Crippen LogP contribution in [0.25, 0.3) is 98.4 Å². The molecule has 10 aromatic carbocycles. The summed E-state index contributed by atoms with van der Waals surface area (Å²) >= 11 is 7.39. The fraction of sp³-hybridized carbons (Fsp3) is 0.0400. The van der Waals surface area contributed by atoms with Crippen molar-refractivity contribution in [3.05, 3.63) is 181 Å². The smallest absolute Gasteiger partial charge is 0.109 e. The molecule has 52 heavy (non-hydrogen) atoms. The van der Waals surface area contributed by atoms with E-state index in [4.69, 9.17) is 12.6 Å². The third kappa shape index (κ3) is 4.14. The van der Waals surface area contributed by atoms with Gasteiger partial charge in [0, 0.05) is 0 Å². The molecule has 0 N–H and O–H groups in total. The average Bonchev–Trinajstić information content (AvgIpc) is 3.46. The number of hydrogen-bond acceptors (Lipinski definition) is 2. The Hall–Kier alpha value is -5.54. The quantitative estimate of drug-likeness (QED) is 0.0827. The summed E-state index contributed by atoms with van der Waals surface area (Å²) in [7, 11) is 0. The molecular formula is C50H32S2. The molecule has 0 fully saturated rings. The molecule has 1 aliphatic rings. The topological polar surface area (TPSA) is 0 Å². The maximum absolute atomic E-state index is 5.58. The van der Waals surface area contributed by atoms with Crippen molar-refractivity contribution in [1.29, 1.82) is 0 Å². The Morgan fingerprint density at radius 1 is 0.385 bits per heavy atom. The molecule has 0 nitrogen and oxygen atoms in total. The van der Waals surface area contributed by atoms with E-state index < -0.39 is 4.08 Å². The van der Waals surface area contributed by atoms with Crippen LogP contribution in [0, 0.1) is 0 Å². The van der Waals surface area contributed by atoms with Crippen LogP contribution in [0.2, 0.25) is 0 Å². The number of benzene rings is 10. The largest absolute Gasteiger partial charge is 0.152 e. The van der Waals surface area contributed by atoms with Gasteiger partial charge in [-0.15, -0.1) is 11.8 Å². The number of thiol groups is 1. The summed E-state index contributed by atoms with van der Waals surface area (Å²) in [4.78, 5) is 0. The fourth-order valence-electron chi connectivity index (χ4n) is 9.15. The first-order chi connectivity index (χ1) is 25.6. The number of thioether (sulfide) groups is 1. The third-order valence-corrected chi connectivity index (χ3v) is 13.5. The molecule has 1 atom stereocenters. The monoisotopic (exact) mass is 696 g/mol. The Kier molecular flexibility index (Phi) is 6.50. The van der Waals surface area contributed by atoms with Crippen LogP contribution in [0.5, 0.6) is 0 Å². The van der Waals surface area contributed by atoms with E-state index in [1.165, 1.54) is 109 Å². The second kappa shape index (κ2) is 11.2. The van der Waals surface area contributed by atoms with Gasteiger partial charge in [-0.05, 0) is 128 Å². The van der Waals surface area contributed by atoms with E-state index >= 15 is 0 Å². The van der Waals surface area contributed by atoms with Gasteiger partial charge in [-0.2, -0.15) is 12.6 Å². The third-order valence-electron chi connectivity index (χ3n) is 11.5. The molecule has 2 heteroatoms. The van der Waals surface area contributed by atoms with Crippen LogP contribution in [-0.2, 0) is 4.08 Å². The minimum Gasteiger partial charge on any atom is -0.152 e. The van der Waals surface area contributed by atoms with Gasteiger partial charge in [0.05, 0.1) is 0 Å². The summed E-state index contributed by atoms with van der Waals surface area (Å²) in [6, 6.07) is 63.1. The SMILES string of the molecule is CSC1(S)c2cc(-c3c4ccccc4c(-c4ccccc4)c4ccccc34)ccc2-c2ccc(-c3ccc4ccc5cccc6ccc3c4c56)cc21. The lowest BCUT2D eigenvalue weighted by Gasteiger charge is -2.25. The van der Waals surface area contributed by atoms with Gasteiger partial charge in [0.2, 0.25) is 0 Å². The van der Waals surface area contributed by atoms with Crippen LogP contribution < -0.4 is 0 Å². The van der Waals surface area contributed by atoms with Crippen LogP contribution >= 0.6 is 24.4 Å². The first kappa shape index (κ1) is 30.1. The van der Waals surface area contributed by atoms with Crippen molar-refractivity contribution < 1.29 is 0 Å². The van der Waals surface area contributed by atoms with Gasteiger partial charge in [0.1, 0.15) is 4.08 Å².